The summed E-state index contributed by atoms with van der Waals surface area (Å²) >= 11 is 1.63. The lowest BCUT2D eigenvalue weighted by atomic mass is 10.2. The molecule has 17 heavy (non-hydrogen) atoms. The number of pyridine rings is 1. The molecule has 0 spiro atoms. The molecule has 4 nitrogen and oxygen atoms in total. The summed E-state index contributed by atoms with van der Waals surface area (Å²) in [5.74, 6) is 1.12. The molecule has 1 aromatic rings. The van der Waals surface area contributed by atoms with Gasteiger partial charge in [-0.05, 0) is 16.9 Å². The molecule has 0 fully saturated rings. The zero-order valence-electron chi connectivity index (χ0n) is 10.4. The van der Waals surface area contributed by atoms with Gasteiger partial charge in [0.25, 0.3) is 0 Å². The number of rotatable bonds is 6. The third kappa shape index (κ3) is 5.58. The first-order valence-corrected chi connectivity index (χ1v) is 6.54. The first-order valence-electron chi connectivity index (χ1n) is 5.49. The Labute approximate surface area is 106 Å². The summed E-state index contributed by atoms with van der Waals surface area (Å²) in [7, 11) is 1.57. The molecule has 0 saturated carbocycles. The maximum absolute atomic E-state index is 11.5. The predicted octanol–water partition coefficient (Wildman–Crippen LogP) is 1.85. The van der Waals surface area contributed by atoms with Crippen LogP contribution in [0.5, 0.6) is 5.88 Å². The maximum Gasteiger partial charge on any atom is 0.230 e. The Bertz CT molecular complexity index is 369. The summed E-state index contributed by atoms with van der Waals surface area (Å²) in [6.07, 6.45) is 1.67. The summed E-state index contributed by atoms with van der Waals surface area (Å²) < 4.78 is 5.01. The molecular formula is C12H18N2O2S. The van der Waals surface area contributed by atoms with Crippen LogP contribution in [0.1, 0.15) is 19.4 Å². The lowest BCUT2D eigenvalue weighted by Crippen LogP contribution is -2.25. The van der Waals surface area contributed by atoms with Gasteiger partial charge in [-0.15, -0.1) is 11.8 Å². The van der Waals surface area contributed by atoms with Gasteiger partial charge in [0.05, 0.1) is 12.9 Å². The minimum absolute atomic E-state index is 0.0551. The van der Waals surface area contributed by atoms with E-state index in [1.165, 1.54) is 0 Å². The molecule has 1 N–H and O–H groups in total. The molecule has 0 aliphatic carbocycles. The van der Waals surface area contributed by atoms with E-state index in [1.54, 1.807) is 25.1 Å². The van der Waals surface area contributed by atoms with Gasteiger partial charge in [-0.1, -0.05) is 13.8 Å². The minimum Gasteiger partial charge on any atom is -0.481 e. The lowest BCUT2D eigenvalue weighted by molar-refractivity contribution is -0.118. The van der Waals surface area contributed by atoms with Crippen molar-refractivity contribution in [2.24, 2.45) is 0 Å². The van der Waals surface area contributed by atoms with Crippen molar-refractivity contribution in [3.63, 3.8) is 0 Å². The van der Waals surface area contributed by atoms with Gasteiger partial charge in [-0.3, -0.25) is 4.79 Å². The summed E-state index contributed by atoms with van der Waals surface area (Å²) in [6, 6.07) is 3.67. The van der Waals surface area contributed by atoms with Crippen LogP contribution in [0.4, 0.5) is 0 Å². The molecule has 0 radical (unpaired) electrons. The zero-order chi connectivity index (χ0) is 12.7. The topological polar surface area (TPSA) is 51.2 Å². The largest absolute Gasteiger partial charge is 0.481 e. The fourth-order valence-electron chi connectivity index (χ4n) is 1.17. The number of methoxy groups -OCH3 is 1. The average molecular weight is 254 g/mol. The maximum atomic E-state index is 11.5. The van der Waals surface area contributed by atoms with Crippen molar-refractivity contribution in [2.45, 2.75) is 25.6 Å². The van der Waals surface area contributed by atoms with Crippen LogP contribution >= 0.6 is 11.8 Å². The van der Waals surface area contributed by atoms with E-state index in [2.05, 4.69) is 24.1 Å². The smallest absolute Gasteiger partial charge is 0.230 e. The Morgan fingerprint density at radius 1 is 1.59 bits per heavy atom. The number of carbonyl (C=O) groups excluding carboxylic acids is 1. The highest BCUT2D eigenvalue weighted by Gasteiger charge is 2.04. The first-order chi connectivity index (χ1) is 8.11. The van der Waals surface area contributed by atoms with E-state index in [0.717, 1.165) is 5.56 Å². The number of hydrogen-bond acceptors (Lipinski definition) is 4. The van der Waals surface area contributed by atoms with Gasteiger partial charge >= 0.3 is 0 Å². The van der Waals surface area contributed by atoms with Crippen molar-refractivity contribution in [2.75, 3.05) is 12.9 Å². The summed E-state index contributed by atoms with van der Waals surface area (Å²) in [6.45, 7) is 4.66. The van der Waals surface area contributed by atoms with Gasteiger partial charge in [0.1, 0.15) is 0 Å². The van der Waals surface area contributed by atoms with E-state index in [0.29, 0.717) is 23.4 Å². The molecule has 1 aromatic heterocycles. The SMILES string of the molecule is COc1cc(CNC(=O)CSC(C)C)ccn1. The molecule has 0 unspecified atom stereocenters. The second kappa shape index (κ2) is 7.17. The molecule has 0 bridgehead atoms. The number of aromatic nitrogens is 1. The van der Waals surface area contributed by atoms with Gasteiger partial charge in [0.15, 0.2) is 0 Å². The fraction of sp³-hybridized carbons (Fsp3) is 0.500. The van der Waals surface area contributed by atoms with Crippen LogP contribution in [0, 0.1) is 0 Å². The number of nitrogens with one attached hydrogen (secondary N) is 1. The summed E-state index contributed by atoms with van der Waals surface area (Å²) in [4.78, 5) is 15.5. The van der Waals surface area contributed by atoms with E-state index in [4.69, 9.17) is 4.74 Å². The van der Waals surface area contributed by atoms with Crippen molar-refractivity contribution in [3.05, 3.63) is 23.9 Å². The van der Waals surface area contributed by atoms with Crippen molar-refractivity contribution in [3.8, 4) is 5.88 Å². The Hall–Kier alpha value is -1.23. The highest BCUT2D eigenvalue weighted by Crippen LogP contribution is 2.09. The Kier molecular flexibility index (Phi) is 5.83. The average Bonchev–Trinajstić information content (AvgIpc) is 2.34. The van der Waals surface area contributed by atoms with Crippen LogP contribution in [-0.4, -0.2) is 29.0 Å². The van der Waals surface area contributed by atoms with Crippen LogP contribution in [0.25, 0.3) is 0 Å². The van der Waals surface area contributed by atoms with Crippen molar-refractivity contribution >= 4 is 17.7 Å². The van der Waals surface area contributed by atoms with Crippen molar-refractivity contribution < 1.29 is 9.53 Å². The monoisotopic (exact) mass is 254 g/mol. The molecule has 0 aliphatic heterocycles. The Morgan fingerprint density at radius 2 is 2.35 bits per heavy atom. The number of nitrogens with zero attached hydrogens (tertiary/aromatic N) is 1. The van der Waals surface area contributed by atoms with Crippen LogP contribution in [0.15, 0.2) is 18.3 Å². The molecule has 1 amide bonds. The Balaban J connectivity index is 2.36. The Morgan fingerprint density at radius 3 is 3.00 bits per heavy atom. The molecule has 0 aromatic carbocycles. The van der Waals surface area contributed by atoms with Crippen molar-refractivity contribution in [1.29, 1.82) is 0 Å². The molecule has 5 heteroatoms. The normalized spacial score (nSPS) is 10.4. The summed E-state index contributed by atoms with van der Waals surface area (Å²) in [5.41, 5.74) is 0.986. The minimum atomic E-state index is 0.0551. The van der Waals surface area contributed by atoms with E-state index >= 15 is 0 Å². The predicted molar refractivity (Wildman–Crippen MR) is 70.2 cm³/mol. The number of carbonyl (C=O) groups is 1. The number of ether oxygens (including phenoxy) is 1. The zero-order valence-corrected chi connectivity index (χ0v) is 11.2. The number of amides is 1. The third-order valence-corrected chi connectivity index (χ3v) is 3.14. The standard InChI is InChI=1S/C12H18N2O2S/c1-9(2)17-8-11(15)14-7-10-4-5-13-12(6-10)16-3/h4-6,9H,7-8H2,1-3H3,(H,14,15). The third-order valence-electron chi connectivity index (χ3n) is 2.05. The van der Waals surface area contributed by atoms with Gasteiger partial charge in [-0.2, -0.15) is 0 Å². The second-order valence-electron chi connectivity index (χ2n) is 3.84. The van der Waals surface area contributed by atoms with Crippen LogP contribution in [0.2, 0.25) is 0 Å². The second-order valence-corrected chi connectivity index (χ2v) is 5.41. The molecule has 0 aliphatic rings. The van der Waals surface area contributed by atoms with Gasteiger partial charge in [0, 0.05) is 18.8 Å². The first kappa shape index (κ1) is 13.8. The van der Waals surface area contributed by atoms with Gasteiger partial charge in [-0.25, -0.2) is 4.98 Å². The van der Waals surface area contributed by atoms with Gasteiger partial charge in [0.2, 0.25) is 11.8 Å². The van der Waals surface area contributed by atoms with Crippen LogP contribution in [-0.2, 0) is 11.3 Å². The van der Waals surface area contributed by atoms with E-state index < -0.39 is 0 Å². The number of thioether (sulfide) groups is 1. The molecular weight excluding hydrogens is 236 g/mol. The molecule has 0 saturated heterocycles. The van der Waals surface area contributed by atoms with Crippen LogP contribution in [0.3, 0.4) is 0 Å². The number of hydrogen-bond donors (Lipinski definition) is 1. The van der Waals surface area contributed by atoms with E-state index in [-0.39, 0.29) is 5.91 Å². The fourth-order valence-corrected chi connectivity index (χ4v) is 1.75. The summed E-state index contributed by atoms with van der Waals surface area (Å²) in [5, 5.41) is 3.34. The molecule has 1 heterocycles. The van der Waals surface area contributed by atoms with Crippen molar-refractivity contribution in [1.82, 2.24) is 10.3 Å². The molecule has 94 valence electrons. The lowest BCUT2D eigenvalue weighted by Gasteiger charge is -2.07. The highest BCUT2D eigenvalue weighted by molar-refractivity contribution is 8.00. The van der Waals surface area contributed by atoms with Crippen LogP contribution < -0.4 is 10.1 Å². The highest BCUT2D eigenvalue weighted by atomic mass is 32.2. The van der Waals surface area contributed by atoms with E-state index in [1.807, 2.05) is 12.1 Å². The van der Waals surface area contributed by atoms with Gasteiger partial charge < -0.3 is 10.1 Å². The van der Waals surface area contributed by atoms with E-state index in [9.17, 15) is 4.79 Å². The quantitative estimate of drug-likeness (QED) is 0.841. The molecule has 1 rings (SSSR count). The molecule has 0 atom stereocenters.